The van der Waals surface area contributed by atoms with E-state index in [0.717, 1.165) is 32.5 Å². The Morgan fingerprint density at radius 3 is 2.89 bits per heavy atom. The number of nitrogens with one attached hydrogen (secondary N) is 2. The third-order valence-corrected chi connectivity index (χ3v) is 3.07. The number of nitrogens with zero attached hydrogens (tertiary/aromatic N) is 3. The molecule has 2 N–H and O–H groups in total. The van der Waals surface area contributed by atoms with Crippen LogP contribution >= 0.6 is 0 Å². The van der Waals surface area contributed by atoms with Gasteiger partial charge in [0.1, 0.15) is 0 Å². The monoisotopic (exact) mass is 267 g/mol. The lowest BCUT2D eigenvalue weighted by atomic mass is 10.3. The molecule has 1 aromatic heterocycles. The zero-order chi connectivity index (χ0) is 13.5. The lowest BCUT2D eigenvalue weighted by molar-refractivity contribution is -0.129. The Kier molecular flexibility index (Phi) is 5.14. The first-order valence-electron chi connectivity index (χ1n) is 6.84. The summed E-state index contributed by atoms with van der Waals surface area (Å²) in [5, 5.41) is 13.8. The molecule has 0 atom stereocenters. The summed E-state index contributed by atoms with van der Waals surface area (Å²) in [6.45, 7) is 5.75. The Balaban J connectivity index is 1.67. The van der Waals surface area contributed by atoms with Crippen molar-refractivity contribution in [1.82, 2.24) is 20.4 Å². The molecule has 0 radical (unpaired) electrons. The quantitative estimate of drug-likeness (QED) is 0.753. The van der Waals surface area contributed by atoms with Crippen LogP contribution in [0.1, 0.15) is 32.1 Å². The Morgan fingerprint density at radius 2 is 2.16 bits per heavy atom. The van der Waals surface area contributed by atoms with Gasteiger partial charge in [0.15, 0.2) is 0 Å². The fraction of sp³-hybridized carbons (Fsp3) is 0.750. The molecule has 1 aliphatic rings. The molecule has 1 aromatic rings. The lowest BCUT2D eigenvalue weighted by Crippen LogP contribution is -2.29. The molecule has 0 unspecified atom stereocenters. The van der Waals surface area contributed by atoms with Gasteiger partial charge in [0.05, 0.1) is 6.54 Å². The average Bonchev–Trinajstić information content (AvgIpc) is 3.07. The van der Waals surface area contributed by atoms with Gasteiger partial charge in [0.2, 0.25) is 11.8 Å². The van der Waals surface area contributed by atoms with Crippen LogP contribution in [-0.2, 0) is 11.3 Å². The molecular weight excluding hydrogens is 246 g/mol. The molecule has 7 heteroatoms. The fourth-order valence-electron chi connectivity index (χ4n) is 2.03. The number of carbonyl (C=O) groups is 1. The van der Waals surface area contributed by atoms with Crippen molar-refractivity contribution in [3.8, 4) is 0 Å². The first-order valence-corrected chi connectivity index (χ1v) is 6.84. The molecular formula is C12H21N5O2. The van der Waals surface area contributed by atoms with Crippen LogP contribution < -0.4 is 10.6 Å². The molecule has 0 aromatic carbocycles. The van der Waals surface area contributed by atoms with Gasteiger partial charge in [-0.15, -0.1) is 5.10 Å². The molecule has 2 rings (SSSR count). The van der Waals surface area contributed by atoms with Crippen molar-refractivity contribution in [1.29, 1.82) is 0 Å². The lowest BCUT2D eigenvalue weighted by Gasteiger charge is -2.14. The van der Waals surface area contributed by atoms with Gasteiger partial charge in [-0.2, -0.15) is 0 Å². The second-order valence-electron chi connectivity index (χ2n) is 4.55. The highest BCUT2D eigenvalue weighted by Crippen LogP contribution is 2.09. The summed E-state index contributed by atoms with van der Waals surface area (Å²) in [7, 11) is 0. The van der Waals surface area contributed by atoms with E-state index in [0.29, 0.717) is 31.4 Å². The summed E-state index contributed by atoms with van der Waals surface area (Å²) in [5.74, 6) is 0.743. The first-order chi connectivity index (χ1) is 9.29. The summed E-state index contributed by atoms with van der Waals surface area (Å²) in [5.41, 5.74) is 0. The van der Waals surface area contributed by atoms with Crippen molar-refractivity contribution >= 4 is 11.9 Å². The number of amides is 1. The van der Waals surface area contributed by atoms with Gasteiger partial charge < -0.3 is 20.0 Å². The zero-order valence-corrected chi connectivity index (χ0v) is 11.3. The van der Waals surface area contributed by atoms with Crippen molar-refractivity contribution in [2.45, 2.75) is 32.7 Å². The molecule has 1 amide bonds. The van der Waals surface area contributed by atoms with Crippen molar-refractivity contribution in [3.63, 3.8) is 0 Å². The fourth-order valence-corrected chi connectivity index (χ4v) is 2.03. The van der Waals surface area contributed by atoms with E-state index >= 15 is 0 Å². The third kappa shape index (κ3) is 4.20. The van der Waals surface area contributed by atoms with Gasteiger partial charge in [0, 0.05) is 26.1 Å². The summed E-state index contributed by atoms with van der Waals surface area (Å²) >= 11 is 0. The summed E-state index contributed by atoms with van der Waals surface area (Å²) in [6.07, 6.45) is 2.71. The summed E-state index contributed by atoms with van der Waals surface area (Å²) in [4.78, 5) is 13.7. The molecule has 2 heterocycles. The second-order valence-corrected chi connectivity index (χ2v) is 4.55. The molecule has 1 fully saturated rings. The van der Waals surface area contributed by atoms with Gasteiger partial charge in [-0.05, 0) is 19.4 Å². The minimum Gasteiger partial charge on any atom is -0.407 e. The largest absolute Gasteiger partial charge is 0.407 e. The van der Waals surface area contributed by atoms with E-state index in [1.165, 1.54) is 0 Å². The number of hydrogen-bond acceptors (Lipinski definition) is 6. The van der Waals surface area contributed by atoms with E-state index in [2.05, 4.69) is 20.8 Å². The minimum atomic E-state index is 0.192. The predicted octanol–water partition coefficient (Wildman–Crippen LogP) is 0.603. The van der Waals surface area contributed by atoms with E-state index < -0.39 is 0 Å². The van der Waals surface area contributed by atoms with Crippen molar-refractivity contribution in [2.24, 2.45) is 0 Å². The van der Waals surface area contributed by atoms with Crippen molar-refractivity contribution in [2.75, 3.05) is 31.5 Å². The highest BCUT2D eigenvalue weighted by atomic mass is 16.4. The number of rotatable bonds is 7. The van der Waals surface area contributed by atoms with Crippen LogP contribution in [-0.4, -0.2) is 47.2 Å². The van der Waals surface area contributed by atoms with Crippen LogP contribution in [0.2, 0.25) is 0 Å². The molecule has 0 saturated carbocycles. The SMILES string of the molecule is CCNCc1nnc(NCCC(=O)N2CCCC2)o1. The third-order valence-electron chi connectivity index (χ3n) is 3.07. The van der Waals surface area contributed by atoms with Gasteiger partial charge in [-0.25, -0.2) is 0 Å². The van der Waals surface area contributed by atoms with E-state index in [9.17, 15) is 4.79 Å². The molecule has 1 saturated heterocycles. The van der Waals surface area contributed by atoms with E-state index in [4.69, 9.17) is 4.42 Å². The Bertz CT molecular complexity index is 401. The summed E-state index contributed by atoms with van der Waals surface area (Å²) < 4.78 is 5.37. The number of anilines is 1. The Morgan fingerprint density at radius 1 is 1.37 bits per heavy atom. The van der Waals surface area contributed by atoms with Crippen LogP contribution in [0, 0.1) is 0 Å². The average molecular weight is 267 g/mol. The molecule has 7 nitrogen and oxygen atoms in total. The van der Waals surface area contributed by atoms with Crippen LogP contribution in [0.5, 0.6) is 0 Å². The molecule has 106 valence electrons. The minimum absolute atomic E-state index is 0.192. The van der Waals surface area contributed by atoms with Crippen molar-refractivity contribution < 1.29 is 9.21 Å². The highest BCUT2D eigenvalue weighted by molar-refractivity contribution is 5.76. The smallest absolute Gasteiger partial charge is 0.315 e. The van der Waals surface area contributed by atoms with Gasteiger partial charge in [-0.1, -0.05) is 12.0 Å². The Hall–Kier alpha value is -1.63. The number of aromatic nitrogens is 2. The van der Waals surface area contributed by atoms with Crippen LogP contribution in [0.3, 0.4) is 0 Å². The standard InChI is InChI=1S/C12H21N5O2/c1-2-13-9-10-15-16-12(19-10)14-6-5-11(18)17-7-3-4-8-17/h13H,2-9H2,1H3,(H,14,16). The molecule has 1 aliphatic heterocycles. The predicted molar refractivity (Wildman–Crippen MR) is 70.6 cm³/mol. The summed E-state index contributed by atoms with van der Waals surface area (Å²) in [6, 6.07) is 0.377. The topological polar surface area (TPSA) is 83.3 Å². The first kappa shape index (κ1) is 13.8. The van der Waals surface area contributed by atoms with Gasteiger partial charge in [0.25, 0.3) is 0 Å². The molecule has 19 heavy (non-hydrogen) atoms. The normalized spacial score (nSPS) is 14.9. The maximum atomic E-state index is 11.8. The van der Waals surface area contributed by atoms with Crippen LogP contribution in [0.15, 0.2) is 4.42 Å². The van der Waals surface area contributed by atoms with E-state index in [1.807, 2.05) is 11.8 Å². The molecule has 0 spiro atoms. The van der Waals surface area contributed by atoms with Gasteiger partial charge in [-0.3, -0.25) is 4.79 Å². The van der Waals surface area contributed by atoms with E-state index in [1.54, 1.807) is 0 Å². The van der Waals surface area contributed by atoms with E-state index in [-0.39, 0.29) is 5.91 Å². The maximum Gasteiger partial charge on any atom is 0.315 e. The molecule has 0 aliphatic carbocycles. The zero-order valence-electron chi connectivity index (χ0n) is 11.3. The van der Waals surface area contributed by atoms with Crippen LogP contribution in [0.25, 0.3) is 0 Å². The number of hydrogen-bond donors (Lipinski definition) is 2. The molecule has 0 bridgehead atoms. The number of likely N-dealkylation sites (tertiary alicyclic amines) is 1. The van der Waals surface area contributed by atoms with Gasteiger partial charge >= 0.3 is 6.01 Å². The number of carbonyl (C=O) groups excluding carboxylic acids is 1. The maximum absolute atomic E-state index is 11.8. The second kappa shape index (κ2) is 7.08. The van der Waals surface area contributed by atoms with Crippen LogP contribution in [0.4, 0.5) is 6.01 Å². The highest BCUT2D eigenvalue weighted by Gasteiger charge is 2.17. The Labute approximate surface area is 112 Å². The van der Waals surface area contributed by atoms with Crippen molar-refractivity contribution in [3.05, 3.63) is 5.89 Å².